The number of rotatable bonds is 23. The maximum atomic E-state index is 13.2. The number of esters is 4. The van der Waals surface area contributed by atoms with Crippen LogP contribution in [0.15, 0.2) is 133 Å². The first kappa shape index (κ1) is 69.5. The Labute approximate surface area is 526 Å². The number of benzene rings is 6. The first-order chi connectivity index (χ1) is 42.3. The lowest BCUT2D eigenvalue weighted by Crippen LogP contribution is -2.14. The van der Waals surface area contributed by atoms with Crippen LogP contribution in [0.25, 0.3) is 22.3 Å². The molecule has 2 saturated heterocycles. The van der Waals surface area contributed by atoms with Gasteiger partial charge in [-0.05, 0) is 147 Å². The van der Waals surface area contributed by atoms with Crippen molar-refractivity contribution in [2.24, 2.45) is 5.92 Å². The fourth-order valence-electron chi connectivity index (χ4n) is 10.7. The summed E-state index contributed by atoms with van der Waals surface area (Å²) < 4.78 is 43.3. The van der Waals surface area contributed by atoms with Crippen molar-refractivity contribution < 1.29 is 87.1 Å². The van der Waals surface area contributed by atoms with Crippen LogP contribution in [0.1, 0.15) is 187 Å². The summed E-state index contributed by atoms with van der Waals surface area (Å²) in [6.07, 6.45) is 13.1. The summed E-state index contributed by atoms with van der Waals surface area (Å²) in [5, 5.41) is 40.2. The van der Waals surface area contributed by atoms with Gasteiger partial charge in [0, 0.05) is 33.4 Å². The zero-order valence-electron chi connectivity index (χ0n) is 49.9. The molecule has 0 amide bonds. The third-order valence-electron chi connectivity index (χ3n) is 15.6. The fraction of sp³-hybridized carbons (Fsp3) is 0.361. The molecule has 1 saturated carbocycles. The van der Waals surface area contributed by atoms with Crippen LogP contribution in [-0.4, -0.2) is 69.8 Å². The second-order valence-corrected chi connectivity index (χ2v) is 22.3. The Kier molecular flexibility index (Phi) is 25.2. The highest BCUT2D eigenvalue weighted by Gasteiger charge is 2.35. The van der Waals surface area contributed by atoms with Gasteiger partial charge in [0.1, 0.15) is 70.3 Å². The molecule has 18 heteroatoms. The number of carbonyl (C=O) groups is 6. The Morgan fingerprint density at radius 1 is 0.511 bits per heavy atom. The van der Waals surface area contributed by atoms with Crippen molar-refractivity contribution in [3.05, 3.63) is 167 Å². The van der Waals surface area contributed by atoms with Crippen molar-refractivity contribution in [1.82, 2.24) is 0 Å². The summed E-state index contributed by atoms with van der Waals surface area (Å²) in [5.41, 5.74) is 4.86. The van der Waals surface area contributed by atoms with Crippen molar-refractivity contribution in [3.63, 3.8) is 0 Å². The Morgan fingerprint density at radius 3 is 1.36 bits per heavy atom. The second-order valence-electron chi connectivity index (χ2n) is 22.3. The minimum absolute atomic E-state index is 0. The van der Waals surface area contributed by atoms with Crippen molar-refractivity contribution in [2.45, 2.75) is 151 Å². The molecule has 3 fully saturated rings. The molecule has 2 atom stereocenters. The van der Waals surface area contributed by atoms with E-state index in [4.69, 9.17) is 37.9 Å². The number of aromatic hydroxyl groups is 4. The zero-order valence-corrected chi connectivity index (χ0v) is 49.9. The smallest absolute Gasteiger partial charge is 0.508 e. The number of aryl methyl sites for hydroxylation is 1. The van der Waals surface area contributed by atoms with Crippen LogP contribution in [0.5, 0.6) is 46.0 Å². The number of hydrogen-bond acceptors (Lipinski definition) is 18. The van der Waals surface area contributed by atoms with Crippen LogP contribution in [0, 0.1) is 5.92 Å². The molecule has 90 heavy (non-hydrogen) atoms. The average Bonchev–Trinajstić information content (AvgIpc) is 1.20. The Bertz CT molecular complexity index is 3540. The summed E-state index contributed by atoms with van der Waals surface area (Å²) in [5.74, 6) is -2.99. The largest absolute Gasteiger partial charge is 0.509 e. The molecule has 0 radical (unpaired) electrons. The normalized spacial score (nSPS) is 16.4. The van der Waals surface area contributed by atoms with Crippen LogP contribution in [-0.2, 0) is 35.0 Å². The number of hydrogen-bond donors (Lipinski definition) is 4. The van der Waals surface area contributed by atoms with Crippen LogP contribution in [0.2, 0.25) is 0 Å². The molecule has 1 aliphatic carbocycles. The van der Waals surface area contributed by atoms with Gasteiger partial charge in [0.25, 0.3) is 0 Å². The van der Waals surface area contributed by atoms with E-state index in [0.29, 0.717) is 28.2 Å². The van der Waals surface area contributed by atoms with Gasteiger partial charge >= 0.3 is 36.2 Å². The topological polar surface area (TPSA) is 257 Å². The lowest BCUT2D eigenvalue weighted by Gasteiger charge is -2.29. The Hall–Kier alpha value is -9.58. The molecular formula is C72H82O18. The summed E-state index contributed by atoms with van der Waals surface area (Å²) >= 11 is 0. The van der Waals surface area contributed by atoms with Gasteiger partial charge < -0.3 is 58.3 Å². The molecule has 0 spiro atoms. The molecule has 3 aliphatic rings. The molecular weight excluding hydrogens is 1150 g/mol. The fourth-order valence-corrected chi connectivity index (χ4v) is 10.7. The van der Waals surface area contributed by atoms with Gasteiger partial charge in [0.15, 0.2) is 12.2 Å². The van der Waals surface area contributed by atoms with E-state index in [9.17, 15) is 49.2 Å². The maximum absolute atomic E-state index is 13.2. The maximum Gasteiger partial charge on any atom is 0.509 e. The molecule has 18 nitrogen and oxygen atoms in total. The van der Waals surface area contributed by atoms with E-state index in [2.05, 4.69) is 39.1 Å². The molecule has 2 aliphatic heterocycles. The molecule has 9 rings (SSSR count). The predicted molar refractivity (Wildman–Crippen MR) is 339 cm³/mol. The van der Waals surface area contributed by atoms with Crippen LogP contribution < -0.4 is 18.9 Å². The number of ether oxygens (including phenoxy) is 8. The molecule has 2 unspecified atom stereocenters. The van der Waals surface area contributed by atoms with Gasteiger partial charge in [-0.3, -0.25) is 0 Å². The van der Waals surface area contributed by atoms with E-state index in [1.54, 1.807) is 0 Å². The minimum Gasteiger partial charge on any atom is -0.508 e. The standard InChI is InChI=1S/C38H42O9.C32H32O9.2CH4/c1-4-5-6-7-8-24-9-11-25(12-10-24)26-13-15-27(16-14-26)29-20-34(46-37(42)30-19-28(39)17-18-32(30)40)31(35-22-44-38(43)47-35)21-33(29)45-36(41)23(2)3;1-4-5-6-7-8-20-9-11-21(12-10-20)23-16-28(40-31(36)24-15-22(33)13-14-26(24)34)25(29-18-38-32(37)41-29)17-27(23)39-30(35)19(2)3;;/h13-21,24-25,35,39-40H,2,4-12,22H2,1,3H3;9-17,29,33-34H,2,4-8,18H2,1,3H3;2*1H4. The zero-order chi connectivity index (χ0) is 63.0. The SMILES string of the molecule is C.C.C=C(C)C(=O)Oc1cc(C2COC(=O)O2)c(OC(=O)c2cc(O)ccc2O)cc1-c1ccc(C2CCC(CCCCCC)CC2)cc1.C=C(C)C(=O)Oc1cc(C2COC(=O)O2)c(OC(=O)c2cc(O)ccc2O)cc1-c1ccc(CCCCCC)cc1. The van der Waals surface area contributed by atoms with E-state index in [1.807, 2.05) is 36.4 Å². The monoisotopic (exact) mass is 1230 g/mol. The number of phenols is 4. The number of cyclic esters (lactones) is 4. The third-order valence-corrected chi connectivity index (χ3v) is 15.6. The first-order valence-electron chi connectivity index (χ1n) is 29.7. The van der Waals surface area contributed by atoms with Crippen molar-refractivity contribution >= 4 is 36.2 Å². The van der Waals surface area contributed by atoms with Crippen molar-refractivity contribution in [3.8, 4) is 68.2 Å². The molecule has 6 aromatic rings. The van der Waals surface area contributed by atoms with E-state index < -0.39 is 59.9 Å². The summed E-state index contributed by atoms with van der Waals surface area (Å²) in [6.45, 7) is 14.5. The third kappa shape index (κ3) is 18.3. The predicted octanol–water partition coefficient (Wildman–Crippen LogP) is 17.0. The molecule has 4 N–H and O–H groups in total. The first-order valence-corrected chi connectivity index (χ1v) is 29.7. The van der Waals surface area contributed by atoms with Crippen molar-refractivity contribution in [2.75, 3.05) is 13.2 Å². The van der Waals surface area contributed by atoms with Gasteiger partial charge in [0.05, 0.1) is 0 Å². The number of unbranched alkanes of at least 4 members (excludes halogenated alkanes) is 6. The van der Waals surface area contributed by atoms with Gasteiger partial charge in [-0.25, -0.2) is 28.8 Å². The van der Waals surface area contributed by atoms with E-state index >= 15 is 0 Å². The summed E-state index contributed by atoms with van der Waals surface area (Å²) in [7, 11) is 0. The molecule has 2 heterocycles. The Morgan fingerprint density at radius 2 is 0.944 bits per heavy atom. The van der Waals surface area contributed by atoms with E-state index in [-0.39, 0.29) is 96.0 Å². The van der Waals surface area contributed by atoms with E-state index in [0.717, 1.165) is 68.2 Å². The lowest BCUT2D eigenvalue weighted by molar-refractivity contribution is -0.130. The molecule has 6 aromatic carbocycles. The number of phenolic OH excluding ortho intramolecular Hbond substituents is 4. The molecule has 0 bridgehead atoms. The van der Waals surface area contributed by atoms with Gasteiger partial charge in [-0.1, -0.05) is 142 Å². The number of carbonyl (C=O) groups excluding carboxylic acids is 6. The van der Waals surface area contributed by atoms with E-state index in [1.165, 1.54) is 113 Å². The Balaban J connectivity index is 0.000000283. The van der Waals surface area contributed by atoms with Crippen molar-refractivity contribution in [1.29, 1.82) is 0 Å². The highest BCUT2D eigenvalue weighted by molar-refractivity contribution is 5.96. The van der Waals surface area contributed by atoms with Crippen LogP contribution in [0.3, 0.4) is 0 Å². The average molecular weight is 1240 g/mol. The quantitative estimate of drug-likeness (QED) is 0.0153. The summed E-state index contributed by atoms with van der Waals surface area (Å²) in [6, 6.07) is 28.7. The second kappa shape index (κ2) is 32.6. The highest BCUT2D eigenvalue weighted by Crippen LogP contribution is 2.45. The van der Waals surface area contributed by atoms with Gasteiger partial charge in [-0.15, -0.1) is 0 Å². The van der Waals surface area contributed by atoms with Gasteiger partial charge in [0.2, 0.25) is 0 Å². The van der Waals surface area contributed by atoms with Crippen LogP contribution >= 0.6 is 0 Å². The summed E-state index contributed by atoms with van der Waals surface area (Å²) in [4.78, 5) is 75.2. The highest BCUT2D eigenvalue weighted by atomic mass is 16.8. The van der Waals surface area contributed by atoms with Gasteiger partial charge in [-0.2, -0.15) is 0 Å². The minimum atomic E-state index is -0.969. The lowest BCUT2D eigenvalue weighted by atomic mass is 9.77. The molecule has 0 aromatic heterocycles. The van der Waals surface area contributed by atoms with Crippen LogP contribution in [0.4, 0.5) is 9.59 Å². The molecule has 478 valence electrons.